The van der Waals surface area contributed by atoms with Gasteiger partial charge in [-0.25, -0.2) is 4.68 Å². The van der Waals surface area contributed by atoms with Gasteiger partial charge in [-0.05, 0) is 42.5 Å². The lowest BCUT2D eigenvalue weighted by Crippen LogP contribution is -2.36. The van der Waals surface area contributed by atoms with Gasteiger partial charge in [0.25, 0.3) is 5.91 Å². The van der Waals surface area contributed by atoms with Crippen LogP contribution in [0.25, 0.3) is 22.3 Å². The van der Waals surface area contributed by atoms with Crippen LogP contribution in [0.15, 0.2) is 59.6 Å². The van der Waals surface area contributed by atoms with Crippen LogP contribution in [-0.4, -0.2) is 21.7 Å². The molecular weight excluding hydrogens is 380 g/mol. The number of thiophene rings is 1. The second-order valence-corrected chi connectivity index (χ2v) is 8.12. The Morgan fingerprint density at radius 2 is 1.97 bits per heavy atom. The minimum Gasteiger partial charge on any atom is -0.349 e. The van der Waals surface area contributed by atoms with Crippen LogP contribution in [0.3, 0.4) is 0 Å². The van der Waals surface area contributed by atoms with Crippen molar-refractivity contribution in [1.29, 1.82) is 5.26 Å². The zero-order chi connectivity index (χ0) is 20.1. The van der Waals surface area contributed by atoms with Crippen LogP contribution in [0.5, 0.6) is 0 Å². The van der Waals surface area contributed by atoms with Crippen LogP contribution in [-0.2, 0) is 4.79 Å². The number of aromatic nitrogens is 2. The first-order valence-corrected chi connectivity index (χ1v) is 10.7. The van der Waals surface area contributed by atoms with Gasteiger partial charge in [-0.15, -0.1) is 11.3 Å². The Labute approximate surface area is 174 Å². The Morgan fingerprint density at radius 3 is 2.66 bits per heavy atom. The van der Waals surface area contributed by atoms with Crippen LogP contribution in [0.1, 0.15) is 37.7 Å². The highest BCUT2D eigenvalue weighted by Crippen LogP contribution is 2.29. The van der Waals surface area contributed by atoms with E-state index in [1.54, 1.807) is 22.1 Å². The molecule has 1 aromatic carbocycles. The van der Waals surface area contributed by atoms with E-state index in [0.29, 0.717) is 0 Å². The standard InChI is InChI=1S/C23H22N4OS/c24-15-17(23(28)25-19-8-3-1-4-9-19)14-18-16-27(20-10-5-2-6-11-20)26-22(18)21-12-7-13-29-21/h2,5-7,10-14,16,19H,1,3-4,8-9H2,(H,25,28)/b17-14+. The highest BCUT2D eigenvalue weighted by atomic mass is 32.1. The van der Waals surface area contributed by atoms with Crippen molar-refractivity contribution in [1.82, 2.24) is 15.1 Å². The number of carbonyl (C=O) groups is 1. The summed E-state index contributed by atoms with van der Waals surface area (Å²) in [5.41, 5.74) is 2.56. The van der Waals surface area contributed by atoms with E-state index in [2.05, 4.69) is 11.4 Å². The monoisotopic (exact) mass is 402 g/mol. The van der Waals surface area contributed by atoms with Crippen molar-refractivity contribution < 1.29 is 4.79 Å². The molecule has 2 heterocycles. The number of hydrogen-bond donors (Lipinski definition) is 1. The smallest absolute Gasteiger partial charge is 0.262 e. The van der Waals surface area contributed by atoms with Gasteiger partial charge in [-0.3, -0.25) is 4.79 Å². The fourth-order valence-corrected chi connectivity index (χ4v) is 4.36. The highest BCUT2D eigenvalue weighted by molar-refractivity contribution is 7.13. The van der Waals surface area contributed by atoms with E-state index in [1.807, 2.05) is 54.0 Å². The molecule has 6 heteroatoms. The Kier molecular flexibility index (Phi) is 5.87. The lowest BCUT2D eigenvalue weighted by Gasteiger charge is -2.22. The van der Waals surface area contributed by atoms with Crippen molar-refractivity contribution in [3.05, 3.63) is 65.2 Å². The molecule has 1 aliphatic rings. The van der Waals surface area contributed by atoms with E-state index < -0.39 is 0 Å². The fourth-order valence-electron chi connectivity index (χ4n) is 3.62. The molecule has 0 atom stereocenters. The normalized spacial score (nSPS) is 15.1. The van der Waals surface area contributed by atoms with E-state index in [-0.39, 0.29) is 17.5 Å². The molecule has 4 rings (SSSR count). The SMILES string of the molecule is N#C/C(=C\c1cn(-c2ccccc2)nc1-c1cccs1)C(=O)NC1CCCCC1. The molecule has 146 valence electrons. The van der Waals surface area contributed by atoms with Gasteiger partial charge in [0.05, 0.1) is 10.6 Å². The number of carbonyl (C=O) groups excluding carboxylic acids is 1. The third kappa shape index (κ3) is 4.47. The summed E-state index contributed by atoms with van der Waals surface area (Å²) in [6.45, 7) is 0. The van der Waals surface area contributed by atoms with Crippen molar-refractivity contribution >= 4 is 23.3 Å². The topological polar surface area (TPSA) is 70.7 Å². The molecule has 0 bridgehead atoms. The number of rotatable bonds is 5. The number of nitriles is 1. The number of amides is 1. The van der Waals surface area contributed by atoms with Crippen molar-refractivity contribution in [3.63, 3.8) is 0 Å². The van der Waals surface area contributed by atoms with Gasteiger partial charge in [0.2, 0.25) is 0 Å². The highest BCUT2D eigenvalue weighted by Gasteiger charge is 2.19. The minimum absolute atomic E-state index is 0.112. The quantitative estimate of drug-likeness (QED) is 0.484. The maximum absolute atomic E-state index is 12.7. The molecule has 0 saturated heterocycles. The van der Waals surface area contributed by atoms with E-state index in [0.717, 1.165) is 47.5 Å². The molecule has 0 unspecified atom stereocenters. The maximum Gasteiger partial charge on any atom is 0.262 e. The molecular formula is C23H22N4OS. The largest absolute Gasteiger partial charge is 0.349 e. The Bertz CT molecular complexity index is 1040. The summed E-state index contributed by atoms with van der Waals surface area (Å²) in [6, 6.07) is 16.0. The van der Waals surface area contributed by atoms with E-state index in [9.17, 15) is 10.1 Å². The molecule has 3 aromatic rings. The summed E-state index contributed by atoms with van der Waals surface area (Å²) >= 11 is 1.58. The predicted molar refractivity (Wildman–Crippen MR) is 115 cm³/mol. The zero-order valence-electron chi connectivity index (χ0n) is 16.0. The van der Waals surface area contributed by atoms with Gasteiger partial charge in [0, 0.05) is 17.8 Å². The van der Waals surface area contributed by atoms with Crippen molar-refractivity contribution in [2.24, 2.45) is 0 Å². The lowest BCUT2D eigenvalue weighted by atomic mass is 9.95. The van der Waals surface area contributed by atoms with Crippen molar-refractivity contribution in [2.75, 3.05) is 0 Å². The van der Waals surface area contributed by atoms with Crippen LogP contribution >= 0.6 is 11.3 Å². The van der Waals surface area contributed by atoms with Gasteiger partial charge >= 0.3 is 0 Å². The van der Waals surface area contributed by atoms with Gasteiger partial charge in [-0.1, -0.05) is 43.5 Å². The van der Waals surface area contributed by atoms with Gasteiger partial charge in [0.1, 0.15) is 17.3 Å². The predicted octanol–water partition coefficient (Wildman–Crippen LogP) is 4.96. The van der Waals surface area contributed by atoms with Gasteiger partial charge in [0.15, 0.2) is 0 Å². The number of nitrogens with one attached hydrogen (secondary N) is 1. The van der Waals surface area contributed by atoms with Crippen LogP contribution in [0.2, 0.25) is 0 Å². The summed E-state index contributed by atoms with van der Waals surface area (Å²) in [5.74, 6) is -0.302. The first kappa shape index (κ1) is 19.2. The average molecular weight is 403 g/mol. The van der Waals surface area contributed by atoms with Crippen LogP contribution in [0.4, 0.5) is 0 Å². The summed E-state index contributed by atoms with van der Waals surface area (Å²) in [5, 5.41) is 19.4. The minimum atomic E-state index is -0.302. The molecule has 0 radical (unpaired) electrons. The Morgan fingerprint density at radius 1 is 1.17 bits per heavy atom. The molecule has 2 aromatic heterocycles. The molecule has 29 heavy (non-hydrogen) atoms. The van der Waals surface area contributed by atoms with Crippen molar-refractivity contribution in [3.8, 4) is 22.3 Å². The van der Waals surface area contributed by atoms with Crippen LogP contribution in [0, 0.1) is 11.3 Å². The first-order chi connectivity index (χ1) is 14.2. The molecule has 5 nitrogen and oxygen atoms in total. The molecule has 0 aliphatic heterocycles. The second kappa shape index (κ2) is 8.89. The van der Waals surface area contributed by atoms with Crippen LogP contribution < -0.4 is 5.32 Å². The third-order valence-corrected chi connectivity index (χ3v) is 6.00. The zero-order valence-corrected chi connectivity index (χ0v) is 16.9. The Balaban J connectivity index is 1.67. The lowest BCUT2D eigenvalue weighted by molar-refractivity contribution is -0.117. The Hall–Kier alpha value is -3.17. The maximum atomic E-state index is 12.7. The molecule has 1 N–H and O–H groups in total. The first-order valence-electron chi connectivity index (χ1n) is 9.86. The summed E-state index contributed by atoms with van der Waals surface area (Å²) < 4.78 is 1.79. The second-order valence-electron chi connectivity index (χ2n) is 7.17. The molecule has 1 fully saturated rings. The van der Waals surface area contributed by atoms with E-state index in [4.69, 9.17) is 5.10 Å². The average Bonchev–Trinajstić information content (AvgIpc) is 3.43. The van der Waals surface area contributed by atoms with Gasteiger partial charge < -0.3 is 5.32 Å². The fraction of sp³-hybridized carbons (Fsp3) is 0.261. The summed E-state index contributed by atoms with van der Waals surface area (Å²) in [6.07, 6.45) is 8.96. The molecule has 1 amide bonds. The van der Waals surface area contributed by atoms with Gasteiger partial charge in [-0.2, -0.15) is 10.4 Å². The molecule has 0 spiro atoms. The summed E-state index contributed by atoms with van der Waals surface area (Å²) in [4.78, 5) is 13.7. The number of hydrogen-bond acceptors (Lipinski definition) is 4. The number of benzene rings is 1. The van der Waals surface area contributed by atoms with Crippen molar-refractivity contribution in [2.45, 2.75) is 38.1 Å². The van der Waals surface area contributed by atoms with E-state index >= 15 is 0 Å². The molecule has 1 saturated carbocycles. The number of nitrogens with zero attached hydrogens (tertiary/aromatic N) is 3. The van der Waals surface area contributed by atoms with E-state index in [1.165, 1.54) is 6.42 Å². The third-order valence-electron chi connectivity index (χ3n) is 5.12. The molecule has 1 aliphatic carbocycles. The number of para-hydroxylation sites is 1. The summed E-state index contributed by atoms with van der Waals surface area (Å²) in [7, 11) is 0.